The lowest BCUT2D eigenvalue weighted by atomic mass is 9.94. The Morgan fingerprint density at radius 1 is 1.43 bits per heavy atom. The average Bonchev–Trinajstić information content (AvgIpc) is 3.08. The van der Waals surface area contributed by atoms with Crippen LogP contribution in [0.2, 0.25) is 0 Å². The molecular formula is C15H22N4OS. The summed E-state index contributed by atoms with van der Waals surface area (Å²) in [6, 6.07) is 3.04. The highest BCUT2D eigenvalue weighted by atomic mass is 32.1. The van der Waals surface area contributed by atoms with Crippen LogP contribution in [-0.4, -0.2) is 16.7 Å². The Labute approximate surface area is 129 Å². The monoisotopic (exact) mass is 306 g/mol. The third-order valence-corrected chi connectivity index (χ3v) is 4.64. The van der Waals surface area contributed by atoms with E-state index in [1.165, 1.54) is 23.3 Å². The van der Waals surface area contributed by atoms with Gasteiger partial charge in [-0.05, 0) is 48.7 Å². The van der Waals surface area contributed by atoms with Crippen molar-refractivity contribution in [2.24, 2.45) is 5.92 Å². The first-order valence-electron chi connectivity index (χ1n) is 7.58. The molecule has 0 fully saturated rings. The average molecular weight is 306 g/mol. The summed E-state index contributed by atoms with van der Waals surface area (Å²) < 4.78 is 5.67. The fourth-order valence-electron chi connectivity index (χ4n) is 2.64. The topological polar surface area (TPSA) is 63.0 Å². The van der Waals surface area contributed by atoms with Gasteiger partial charge in [-0.2, -0.15) is 0 Å². The van der Waals surface area contributed by atoms with Gasteiger partial charge in [0.25, 0.3) is 0 Å². The van der Waals surface area contributed by atoms with Gasteiger partial charge in [0.1, 0.15) is 0 Å². The molecule has 114 valence electrons. The van der Waals surface area contributed by atoms with Crippen LogP contribution in [0.15, 0.2) is 15.9 Å². The summed E-state index contributed by atoms with van der Waals surface area (Å²) in [5.74, 6) is 1.25. The van der Waals surface area contributed by atoms with E-state index in [0.29, 0.717) is 30.4 Å². The van der Waals surface area contributed by atoms with Gasteiger partial charge in [0.15, 0.2) is 0 Å². The minimum atomic E-state index is 0.303. The fourth-order valence-corrected chi connectivity index (χ4v) is 3.62. The molecule has 1 aliphatic rings. The molecule has 0 radical (unpaired) electrons. The van der Waals surface area contributed by atoms with Crippen molar-refractivity contribution in [3.63, 3.8) is 0 Å². The Morgan fingerprint density at radius 2 is 2.33 bits per heavy atom. The molecule has 2 N–H and O–H groups in total. The minimum Gasteiger partial charge on any atom is -0.407 e. The number of nitrogens with one attached hydrogen (secondary N) is 2. The van der Waals surface area contributed by atoms with E-state index in [4.69, 9.17) is 4.42 Å². The number of fused-ring (bicyclic) bond motifs is 1. The number of thiophene rings is 1. The largest absolute Gasteiger partial charge is 0.407 e. The molecule has 1 atom stereocenters. The van der Waals surface area contributed by atoms with Crippen LogP contribution in [0.1, 0.15) is 49.1 Å². The molecule has 1 aliphatic carbocycles. The predicted octanol–water partition coefficient (Wildman–Crippen LogP) is 3.37. The Hall–Kier alpha value is -1.40. The van der Waals surface area contributed by atoms with Gasteiger partial charge in [-0.15, -0.1) is 16.4 Å². The minimum absolute atomic E-state index is 0.303. The van der Waals surface area contributed by atoms with Crippen LogP contribution in [0, 0.1) is 5.92 Å². The maximum absolute atomic E-state index is 5.67. The maximum Gasteiger partial charge on any atom is 0.315 e. The second kappa shape index (κ2) is 6.58. The molecule has 6 heteroatoms. The van der Waals surface area contributed by atoms with E-state index in [-0.39, 0.29) is 0 Å². The first-order valence-corrected chi connectivity index (χ1v) is 8.46. The highest BCUT2D eigenvalue weighted by molar-refractivity contribution is 7.10. The fraction of sp³-hybridized carbons (Fsp3) is 0.600. The van der Waals surface area contributed by atoms with Crippen LogP contribution < -0.4 is 10.6 Å². The molecule has 2 aromatic rings. The van der Waals surface area contributed by atoms with E-state index in [1.54, 1.807) is 0 Å². The molecule has 0 aliphatic heterocycles. The van der Waals surface area contributed by atoms with Crippen molar-refractivity contribution in [3.05, 3.63) is 27.8 Å². The molecule has 0 spiro atoms. The van der Waals surface area contributed by atoms with E-state index in [0.717, 1.165) is 13.0 Å². The Bertz CT molecular complexity index is 578. The first kappa shape index (κ1) is 14.5. The molecule has 3 rings (SSSR count). The smallest absolute Gasteiger partial charge is 0.315 e. The predicted molar refractivity (Wildman–Crippen MR) is 84.5 cm³/mol. The van der Waals surface area contributed by atoms with Gasteiger partial charge >= 0.3 is 6.01 Å². The lowest BCUT2D eigenvalue weighted by Gasteiger charge is -2.22. The van der Waals surface area contributed by atoms with E-state index < -0.39 is 0 Å². The number of hydrogen-bond acceptors (Lipinski definition) is 6. The molecule has 2 heterocycles. The van der Waals surface area contributed by atoms with Crippen LogP contribution in [0.3, 0.4) is 0 Å². The van der Waals surface area contributed by atoms with Crippen LogP contribution >= 0.6 is 11.3 Å². The maximum atomic E-state index is 5.67. The SMILES string of the molecule is CC(C)CNCc1nnc(NC2CCCc3sccc32)o1. The van der Waals surface area contributed by atoms with Gasteiger partial charge in [0.2, 0.25) is 5.89 Å². The molecule has 0 saturated carbocycles. The van der Waals surface area contributed by atoms with Crippen molar-refractivity contribution >= 4 is 17.4 Å². The summed E-state index contributed by atoms with van der Waals surface area (Å²) >= 11 is 1.84. The molecule has 0 saturated heterocycles. The zero-order chi connectivity index (χ0) is 14.7. The van der Waals surface area contributed by atoms with Gasteiger partial charge in [0.05, 0.1) is 12.6 Å². The summed E-state index contributed by atoms with van der Waals surface area (Å²) in [7, 11) is 0. The van der Waals surface area contributed by atoms with Gasteiger partial charge in [0, 0.05) is 4.88 Å². The van der Waals surface area contributed by atoms with Gasteiger partial charge in [-0.1, -0.05) is 18.9 Å². The van der Waals surface area contributed by atoms with E-state index in [2.05, 4.69) is 46.1 Å². The van der Waals surface area contributed by atoms with Crippen molar-refractivity contribution < 1.29 is 4.42 Å². The number of nitrogens with zero attached hydrogens (tertiary/aromatic N) is 2. The number of hydrogen-bond donors (Lipinski definition) is 2. The normalized spacial score (nSPS) is 18.0. The zero-order valence-electron chi connectivity index (χ0n) is 12.6. The first-order chi connectivity index (χ1) is 10.2. The summed E-state index contributed by atoms with van der Waals surface area (Å²) in [6.45, 7) is 5.93. The van der Waals surface area contributed by atoms with Crippen molar-refractivity contribution in [1.29, 1.82) is 0 Å². The van der Waals surface area contributed by atoms with Crippen LogP contribution in [-0.2, 0) is 13.0 Å². The standard InChI is InChI=1S/C15H22N4OS/c1-10(2)8-16-9-14-18-19-15(20-14)17-12-4-3-5-13-11(12)6-7-21-13/h6-7,10,12,16H,3-5,8-9H2,1-2H3,(H,17,19). The Balaban J connectivity index is 1.58. The molecule has 2 aromatic heterocycles. The van der Waals surface area contributed by atoms with E-state index >= 15 is 0 Å². The lowest BCUT2D eigenvalue weighted by Crippen LogP contribution is -2.19. The molecule has 0 bridgehead atoms. The molecule has 0 aromatic carbocycles. The second-order valence-corrected chi connectivity index (χ2v) is 6.91. The lowest BCUT2D eigenvalue weighted by molar-refractivity contribution is 0.453. The summed E-state index contributed by atoms with van der Waals surface area (Å²) in [4.78, 5) is 1.48. The molecule has 1 unspecified atom stereocenters. The van der Waals surface area contributed by atoms with Crippen molar-refractivity contribution in [3.8, 4) is 0 Å². The van der Waals surface area contributed by atoms with Gasteiger partial charge in [-0.3, -0.25) is 0 Å². The molecular weight excluding hydrogens is 284 g/mol. The van der Waals surface area contributed by atoms with Gasteiger partial charge in [-0.25, -0.2) is 0 Å². The summed E-state index contributed by atoms with van der Waals surface area (Å²) in [6.07, 6.45) is 3.52. The highest BCUT2D eigenvalue weighted by Crippen LogP contribution is 2.35. The van der Waals surface area contributed by atoms with E-state index in [9.17, 15) is 0 Å². The van der Waals surface area contributed by atoms with Crippen molar-refractivity contribution in [2.45, 2.75) is 45.7 Å². The number of anilines is 1. The Kier molecular flexibility index (Phi) is 4.55. The number of aryl methyl sites for hydroxylation is 1. The van der Waals surface area contributed by atoms with E-state index in [1.807, 2.05) is 11.3 Å². The second-order valence-electron chi connectivity index (χ2n) is 5.91. The van der Waals surface area contributed by atoms with Crippen LogP contribution in [0.5, 0.6) is 0 Å². The highest BCUT2D eigenvalue weighted by Gasteiger charge is 2.22. The van der Waals surface area contributed by atoms with Crippen LogP contribution in [0.25, 0.3) is 0 Å². The van der Waals surface area contributed by atoms with Crippen molar-refractivity contribution in [2.75, 3.05) is 11.9 Å². The number of aromatic nitrogens is 2. The quantitative estimate of drug-likeness (QED) is 0.857. The summed E-state index contributed by atoms with van der Waals surface area (Å²) in [5, 5.41) is 17.0. The van der Waals surface area contributed by atoms with Crippen molar-refractivity contribution in [1.82, 2.24) is 15.5 Å². The third kappa shape index (κ3) is 3.63. The summed E-state index contributed by atoms with van der Waals surface area (Å²) in [5.41, 5.74) is 1.39. The van der Waals surface area contributed by atoms with Gasteiger partial charge < -0.3 is 15.1 Å². The molecule has 21 heavy (non-hydrogen) atoms. The van der Waals surface area contributed by atoms with Crippen LogP contribution in [0.4, 0.5) is 6.01 Å². The molecule has 5 nitrogen and oxygen atoms in total. The number of rotatable bonds is 6. The molecule has 0 amide bonds. The third-order valence-electron chi connectivity index (χ3n) is 3.65. The zero-order valence-corrected chi connectivity index (χ0v) is 13.4. The Morgan fingerprint density at radius 3 is 3.19 bits per heavy atom.